The number of aryl methyl sites for hydroxylation is 1. The third-order valence-corrected chi connectivity index (χ3v) is 4.27. The zero-order valence-corrected chi connectivity index (χ0v) is 12.9. The zero-order chi connectivity index (χ0) is 15.6. The lowest BCUT2D eigenvalue weighted by Gasteiger charge is -2.42. The summed E-state index contributed by atoms with van der Waals surface area (Å²) in [5.74, 6) is -0.0586. The Labute approximate surface area is 125 Å². The third-order valence-electron chi connectivity index (χ3n) is 4.27. The van der Waals surface area contributed by atoms with Gasteiger partial charge in [-0.3, -0.25) is 9.69 Å². The lowest BCUT2D eigenvalue weighted by atomic mass is 9.84. The highest BCUT2D eigenvalue weighted by Gasteiger charge is 2.42. The maximum atomic E-state index is 12.6. The normalized spacial score (nSPS) is 19.0. The molecule has 1 heterocycles. The number of benzene rings is 1. The maximum absolute atomic E-state index is 12.6. The van der Waals surface area contributed by atoms with E-state index in [-0.39, 0.29) is 5.91 Å². The molecule has 116 valence electrons. The van der Waals surface area contributed by atoms with Gasteiger partial charge in [0.15, 0.2) is 0 Å². The second kappa shape index (κ2) is 5.91. The number of rotatable bonds is 3. The molecule has 1 aromatic carbocycles. The first-order valence-corrected chi connectivity index (χ1v) is 7.12. The van der Waals surface area contributed by atoms with Gasteiger partial charge in [0.2, 0.25) is 5.91 Å². The largest absolute Gasteiger partial charge is 0.397 e. The van der Waals surface area contributed by atoms with Crippen molar-refractivity contribution in [2.75, 3.05) is 44.8 Å². The smallest absolute Gasteiger partial charge is 0.244 e. The van der Waals surface area contributed by atoms with E-state index in [1.807, 2.05) is 26.0 Å². The van der Waals surface area contributed by atoms with E-state index in [4.69, 9.17) is 16.2 Å². The van der Waals surface area contributed by atoms with E-state index in [2.05, 4.69) is 10.2 Å². The summed E-state index contributed by atoms with van der Waals surface area (Å²) >= 11 is 0. The second-order valence-corrected chi connectivity index (χ2v) is 5.55. The summed E-state index contributed by atoms with van der Waals surface area (Å²) in [6.07, 6.45) is 0. The Morgan fingerprint density at radius 2 is 1.86 bits per heavy atom. The van der Waals surface area contributed by atoms with Gasteiger partial charge in [-0.1, -0.05) is 0 Å². The summed E-state index contributed by atoms with van der Waals surface area (Å²) in [6.45, 7) is 6.52. The Kier molecular flexibility index (Phi) is 4.39. The fourth-order valence-electron chi connectivity index (χ4n) is 2.96. The van der Waals surface area contributed by atoms with Crippen LogP contribution in [0.1, 0.15) is 18.1 Å². The molecular weight excluding hydrogens is 268 g/mol. The van der Waals surface area contributed by atoms with Gasteiger partial charge >= 0.3 is 0 Å². The zero-order valence-electron chi connectivity index (χ0n) is 12.9. The van der Waals surface area contributed by atoms with Crippen LogP contribution in [0, 0.1) is 6.92 Å². The second-order valence-electron chi connectivity index (χ2n) is 5.55. The molecule has 6 nitrogen and oxygen atoms in total. The number of morpholine rings is 1. The number of ether oxygens (including phenoxy) is 1. The Bertz CT molecular complexity index is 541. The van der Waals surface area contributed by atoms with Crippen molar-refractivity contribution in [3.63, 3.8) is 0 Å². The van der Waals surface area contributed by atoms with Crippen molar-refractivity contribution in [3.05, 3.63) is 23.3 Å². The van der Waals surface area contributed by atoms with E-state index in [9.17, 15) is 4.79 Å². The highest BCUT2D eigenvalue weighted by molar-refractivity contribution is 5.88. The summed E-state index contributed by atoms with van der Waals surface area (Å²) < 4.78 is 5.40. The Morgan fingerprint density at radius 3 is 2.43 bits per heavy atom. The van der Waals surface area contributed by atoms with Gasteiger partial charge in [0.05, 0.1) is 24.6 Å². The number of carbonyl (C=O) groups is 1. The molecule has 1 aliphatic rings. The van der Waals surface area contributed by atoms with Gasteiger partial charge in [-0.15, -0.1) is 0 Å². The van der Waals surface area contributed by atoms with Crippen molar-refractivity contribution in [2.45, 2.75) is 19.4 Å². The summed E-state index contributed by atoms with van der Waals surface area (Å²) in [5.41, 5.74) is 13.9. The van der Waals surface area contributed by atoms with Gasteiger partial charge in [-0.2, -0.15) is 0 Å². The molecule has 0 spiro atoms. The fourth-order valence-corrected chi connectivity index (χ4v) is 2.96. The minimum Gasteiger partial charge on any atom is -0.397 e. The summed E-state index contributed by atoms with van der Waals surface area (Å²) in [4.78, 5) is 14.7. The van der Waals surface area contributed by atoms with Crippen molar-refractivity contribution < 1.29 is 9.53 Å². The van der Waals surface area contributed by atoms with E-state index in [1.54, 1.807) is 7.05 Å². The molecule has 1 unspecified atom stereocenters. The van der Waals surface area contributed by atoms with E-state index in [1.165, 1.54) is 0 Å². The summed E-state index contributed by atoms with van der Waals surface area (Å²) in [6, 6.07) is 3.64. The van der Waals surface area contributed by atoms with Crippen LogP contribution in [0.3, 0.4) is 0 Å². The lowest BCUT2D eigenvalue weighted by molar-refractivity contribution is -0.136. The van der Waals surface area contributed by atoms with Gasteiger partial charge in [-0.25, -0.2) is 0 Å². The maximum Gasteiger partial charge on any atom is 0.244 e. The monoisotopic (exact) mass is 292 g/mol. The molecule has 0 radical (unpaired) electrons. The molecule has 6 heteroatoms. The number of anilines is 2. The molecule has 0 aliphatic carbocycles. The molecule has 1 saturated heterocycles. The number of carbonyl (C=O) groups excluding carboxylic acids is 1. The molecular formula is C15H24N4O2. The van der Waals surface area contributed by atoms with E-state index in [0.717, 1.165) is 11.1 Å². The number of hydrogen-bond donors (Lipinski definition) is 3. The minimum absolute atomic E-state index is 0.0586. The first-order chi connectivity index (χ1) is 9.91. The molecule has 5 N–H and O–H groups in total. The predicted octanol–water partition coefficient (Wildman–Crippen LogP) is 0.453. The first-order valence-electron chi connectivity index (χ1n) is 7.12. The molecule has 21 heavy (non-hydrogen) atoms. The van der Waals surface area contributed by atoms with Crippen LogP contribution in [-0.2, 0) is 15.1 Å². The Morgan fingerprint density at radius 1 is 1.29 bits per heavy atom. The van der Waals surface area contributed by atoms with Crippen LogP contribution in [0.15, 0.2) is 12.1 Å². The fraction of sp³-hybridized carbons (Fsp3) is 0.533. The van der Waals surface area contributed by atoms with E-state index >= 15 is 0 Å². The van der Waals surface area contributed by atoms with Crippen molar-refractivity contribution in [1.29, 1.82) is 0 Å². The minimum atomic E-state index is -0.787. The van der Waals surface area contributed by atoms with Gasteiger partial charge in [0.1, 0.15) is 5.54 Å². The van der Waals surface area contributed by atoms with Crippen molar-refractivity contribution in [1.82, 2.24) is 10.2 Å². The van der Waals surface area contributed by atoms with Crippen molar-refractivity contribution in [2.24, 2.45) is 0 Å². The summed E-state index contributed by atoms with van der Waals surface area (Å²) in [5, 5.41) is 2.77. The van der Waals surface area contributed by atoms with Crippen LogP contribution in [0.2, 0.25) is 0 Å². The number of amides is 1. The van der Waals surface area contributed by atoms with Crippen LogP contribution in [0.4, 0.5) is 11.4 Å². The van der Waals surface area contributed by atoms with Crippen LogP contribution in [0.5, 0.6) is 0 Å². The molecule has 1 atom stereocenters. The molecule has 1 fully saturated rings. The quantitative estimate of drug-likeness (QED) is 0.703. The third kappa shape index (κ3) is 2.69. The van der Waals surface area contributed by atoms with Crippen molar-refractivity contribution in [3.8, 4) is 0 Å². The molecule has 1 amide bonds. The molecule has 0 saturated carbocycles. The molecule has 1 aromatic rings. The van der Waals surface area contributed by atoms with E-state index < -0.39 is 5.54 Å². The number of nitrogens with two attached hydrogens (primary N) is 2. The van der Waals surface area contributed by atoms with Gasteiger partial charge < -0.3 is 21.5 Å². The number of nitrogens with zero attached hydrogens (tertiary/aromatic N) is 1. The number of likely N-dealkylation sites (N-methyl/N-ethyl adjacent to an activating group) is 1. The van der Waals surface area contributed by atoms with Gasteiger partial charge in [-0.05, 0) is 37.1 Å². The standard InChI is InChI=1S/C15H24N4O2/c1-10-8-12(16)13(17)9-11(10)15(2,14(20)18-3)19-4-6-21-7-5-19/h8-9H,4-7,16-17H2,1-3H3,(H,18,20). The average molecular weight is 292 g/mol. The van der Waals surface area contributed by atoms with Crippen LogP contribution in [-0.4, -0.2) is 44.2 Å². The Hall–Kier alpha value is -1.79. The number of nitrogens with one attached hydrogen (secondary N) is 1. The molecule has 0 aromatic heterocycles. The highest BCUT2D eigenvalue weighted by Crippen LogP contribution is 2.35. The number of hydrogen-bond acceptors (Lipinski definition) is 5. The van der Waals surface area contributed by atoms with Crippen LogP contribution in [0.25, 0.3) is 0 Å². The van der Waals surface area contributed by atoms with Crippen LogP contribution < -0.4 is 16.8 Å². The average Bonchev–Trinajstić information content (AvgIpc) is 2.50. The molecule has 2 rings (SSSR count). The molecule has 0 bridgehead atoms. The molecule has 1 aliphatic heterocycles. The van der Waals surface area contributed by atoms with Crippen molar-refractivity contribution >= 4 is 17.3 Å². The lowest BCUT2D eigenvalue weighted by Crippen LogP contribution is -2.57. The summed E-state index contributed by atoms with van der Waals surface area (Å²) in [7, 11) is 1.65. The first kappa shape index (κ1) is 15.6. The van der Waals surface area contributed by atoms with E-state index in [0.29, 0.717) is 37.7 Å². The topological polar surface area (TPSA) is 93.6 Å². The predicted molar refractivity (Wildman–Crippen MR) is 83.8 cm³/mol. The van der Waals surface area contributed by atoms with Gasteiger partial charge in [0.25, 0.3) is 0 Å². The Balaban J connectivity index is 2.54. The SMILES string of the molecule is CNC(=O)C(C)(c1cc(N)c(N)cc1C)N1CCOCC1. The van der Waals surface area contributed by atoms with Crippen LogP contribution >= 0.6 is 0 Å². The highest BCUT2D eigenvalue weighted by atomic mass is 16.5. The van der Waals surface area contributed by atoms with Gasteiger partial charge in [0, 0.05) is 20.1 Å². The number of nitrogen functional groups attached to an aromatic ring is 2.